The molecule has 1 amide bonds. The Kier molecular flexibility index (Phi) is 6.56. The molecule has 0 aromatic heterocycles. The summed E-state index contributed by atoms with van der Waals surface area (Å²) in [5.74, 6) is -0.323. The summed E-state index contributed by atoms with van der Waals surface area (Å²) in [7, 11) is 2.82. The molecule has 0 N–H and O–H groups in total. The van der Waals surface area contributed by atoms with Gasteiger partial charge in [-0.1, -0.05) is 27.5 Å². The van der Waals surface area contributed by atoms with Crippen molar-refractivity contribution in [3.63, 3.8) is 0 Å². The number of hydrogen-bond acceptors (Lipinski definition) is 5. The Hall–Kier alpha value is -2.42. The summed E-state index contributed by atoms with van der Waals surface area (Å²) in [6.07, 6.45) is 1.64. The zero-order valence-electron chi connectivity index (χ0n) is 15.5. The lowest BCUT2D eigenvalue weighted by Gasteiger charge is -2.19. The van der Waals surface area contributed by atoms with Crippen molar-refractivity contribution >= 4 is 68.5 Å². The maximum Gasteiger partial charge on any atom is 0.325 e. The molecule has 2 aromatic carbocycles. The summed E-state index contributed by atoms with van der Waals surface area (Å²) in [4.78, 5) is 28.0. The molecule has 9 heteroatoms. The zero-order chi connectivity index (χ0) is 21.1. The van der Waals surface area contributed by atoms with E-state index in [1.807, 2.05) is 12.1 Å². The van der Waals surface area contributed by atoms with Gasteiger partial charge < -0.3 is 14.4 Å². The summed E-state index contributed by atoms with van der Waals surface area (Å²) < 4.78 is 11.0. The SMILES string of the molecule is COC(=O)CN1C(=S)N(c2ccc(Cl)cc2)C(=O)/C1=C/c1cc(Br)ccc1OC. The summed E-state index contributed by atoms with van der Waals surface area (Å²) in [6, 6.07) is 12.1. The number of rotatable bonds is 5. The number of esters is 1. The van der Waals surface area contributed by atoms with E-state index in [9.17, 15) is 9.59 Å². The number of amides is 1. The van der Waals surface area contributed by atoms with Crippen molar-refractivity contribution in [2.75, 3.05) is 25.7 Å². The molecule has 6 nitrogen and oxygen atoms in total. The number of methoxy groups -OCH3 is 2. The van der Waals surface area contributed by atoms with Gasteiger partial charge in [0.1, 0.15) is 18.0 Å². The summed E-state index contributed by atoms with van der Waals surface area (Å²) in [5, 5.41) is 0.704. The fourth-order valence-corrected chi connectivity index (χ4v) is 3.67. The molecule has 1 saturated heterocycles. The Morgan fingerprint density at radius 3 is 2.52 bits per heavy atom. The first-order chi connectivity index (χ1) is 13.8. The molecule has 2 aromatic rings. The van der Waals surface area contributed by atoms with Crippen LogP contribution < -0.4 is 9.64 Å². The first kappa shape index (κ1) is 21.3. The zero-order valence-corrected chi connectivity index (χ0v) is 18.7. The molecule has 1 fully saturated rings. The van der Waals surface area contributed by atoms with Crippen molar-refractivity contribution in [1.82, 2.24) is 4.90 Å². The fraction of sp³-hybridized carbons (Fsp3) is 0.150. The summed E-state index contributed by atoms with van der Waals surface area (Å²) in [5.41, 5.74) is 1.43. The van der Waals surface area contributed by atoms with E-state index in [4.69, 9.17) is 33.3 Å². The third kappa shape index (κ3) is 4.44. The minimum atomic E-state index is -0.523. The second kappa shape index (κ2) is 8.94. The topological polar surface area (TPSA) is 59.1 Å². The standard InChI is InChI=1S/C20H16BrClN2O4S/c1-27-17-8-3-13(21)9-12(17)10-16-19(26)24(15-6-4-14(22)5-7-15)20(29)23(16)11-18(25)28-2/h3-10H,11H2,1-2H3/b16-10-. The maximum atomic E-state index is 13.3. The molecule has 1 aliphatic heterocycles. The number of thiocarbonyl (C=S) groups is 1. The number of benzene rings is 2. The molecule has 0 saturated carbocycles. The molecule has 1 heterocycles. The Balaban J connectivity index is 2.10. The lowest BCUT2D eigenvalue weighted by molar-refractivity contribution is -0.140. The van der Waals surface area contributed by atoms with E-state index in [0.29, 0.717) is 22.0 Å². The van der Waals surface area contributed by atoms with Gasteiger partial charge in [0, 0.05) is 15.1 Å². The fourth-order valence-electron chi connectivity index (χ4n) is 2.81. The molecular weight excluding hydrogens is 480 g/mol. The average Bonchev–Trinajstić information content (AvgIpc) is 2.93. The Labute approximate surface area is 186 Å². The van der Waals surface area contributed by atoms with Gasteiger partial charge in [0.05, 0.1) is 19.9 Å². The van der Waals surface area contributed by atoms with Gasteiger partial charge in [-0.05, 0) is 60.8 Å². The minimum absolute atomic E-state index is 0.169. The van der Waals surface area contributed by atoms with Crippen LogP contribution in [0.1, 0.15) is 5.56 Å². The van der Waals surface area contributed by atoms with Crippen molar-refractivity contribution in [3.05, 3.63) is 63.2 Å². The van der Waals surface area contributed by atoms with Gasteiger partial charge in [0.2, 0.25) is 0 Å². The Morgan fingerprint density at radius 2 is 1.90 bits per heavy atom. The third-order valence-electron chi connectivity index (χ3n) is 4.22. The highest BCUT2D eigenvalue weighted by Crippen LogP contribution is 2.32. The minimum Gasteiger partial charge on any atom is -0.496 e. The molecule has 150 valence electrons. The van der Waals surface area contributed by atoms with E-state index >= 15 is 0 Å². The molecule has 29 heavy (non-hydrogen) atoms. The quantitative estimate of drug-likeness (QED) is 0.351. The second-order valence-corrected chi connectivity index (χ2v) is 7.69. The smallest absolute Gasteiger partial charge is 0.325 e. The van der Waals surface area contributed by atoms with Gasteiger partial charge in [0.15, 0.2) is 5.11 Å². The van der Waals surface area contributed by atoms with E-state index in [-0.39, 0.29) is 23.3 Å². The predicted molar refractivity (Wildman–Crippen MR) is 119 cm³/mol. The van der Waals surface area contributed by atoms with Crippen LogP contribution in [-0.4, -0.2) is 42.7 Å². The van der Waals surface area contributed by atoms with Crippen LogP contribution in [0.2, 0.25) is 5.02 Å². The van der Waals surface area contributed by atoms with Crippen molar-refractivity contribution in [1.29, 1.82) is 0 Å². The molecule has 0 atom stereocenters. The van der Waals surface area contributed by atoms with Crippen molar-refractivity contribution in [2.24, 2.45) is 0 Å². The van der Waals surface area contributed by atoms with Crippen LogP contribution in [0.15, 0.2) is 52.6 Å². The molecule has 0 radical (unpaired) electrons. The van der Waals surface area contributed by atoms with Gasteiger partial charge in [-0.25, -0.2) is 0 Å². The Bertz CT molecular complexity index is 1010. The van der Waals surface area contributed by atoms with Crippen molar-refractivity contribution in [2.45, 2.75) is 0 Å². The van der Waals surface area contributed by atoms with Gasteiger partial charge in [-0.15, -0.1) is 0 Å². The number of anilines is 1. The molecular formula is C20H16BrClN2O4S. The van der Waals surface area contributed by atoms with Gasteiger partial charge in [0.25, 0.3) is 5.91 Å². The number of hydrogen-bond donors (Lipinski definition) is 0. The maximum absolute atomic E-state index is 13.3. The number of halogens is 2. The molecule has 1 aliphatic rings. The van der Waals surface area contributed by atoms with Crippen LogP contribution in [-0.2, 0) is 14.3 Å². The van der Waals surface area contributed by atoms with E-state index in [1.165, 1.54) is 16.9 Å². The van der Waals surface area contributed by atoms with Crippen LogP contribution in [0.4, 0.5) is 5.69 Å². The molecule has 0 bridgehead atoms. The monoisotopic (exact) mass is 494 g/mol. The summed E-state index contributed by atoms with van der Waals surface area (Å²) in [6.45, 7) is -0.201. The van der Waals surface area contributed by atoms with E-state index < -0.39 is 5.97 Å². The van der Waals surface area contributed by atoms with Crippen LogP contribution >= 0.6 is 39.7 Å². The van der Waals surface area contributed by atoms with Crippen molar-refractivity contribution in [3.8, 4) is 5.75 Å². The molecule has 0 aliphatic carbocycles. The van der Waals surface area contributed by atoms with Gasteiger partial charge in [-0.2, -0.15) is 0 Å². The number of nitrogens with zero attached hydrogens (tertiary/aromatic N) is 2. The largest absolute Gasteiger partial charge is 0.496 e. The van der Waals surface area contributed by atoms with Crippen LogP contribution in [0.25, 0.3) is 6.08 Å². The van der Waals surface area contributed by atoms with Crippen LogP contribution in [0.3, 0.4) is 0 Å². The Morgan fingerprint density at radius 1 is 1.21 bits per heavy atom. The van der Waals surface area contributed by atoms with Gasteiger partial charge in [-0.3, -0.25) is 14.5 Å². The van der Waals surface area contributed by atoms with E-state index in [1.54, 1.807) is 43.5 Å². The first-order valence-electron chi connectivity index (χ1n) is 8.39. The number of carbonyl (C=O) groups excluding carboxylic acids is 2. The highest BCUT2D eigenvalue weighted by atomic mass is 79.9. The number of ether oxygens (including phenoxy) is 2. The number of carbonyl (C=O) groups is 2. The van der Waals surface area contributed by atoms with Gasteiger partial charge >= 0.3 is 5.97 Å². The predicted octanol–water partition coefficient (Wildman–Crippen LogP) is 4.26. The molecule has 0 spiro atoms. The van der Waals surface area contributed by atoms with E-state index in [0.717, 1.165) is 4.47 Å². The average molecular weight is 496 g/mol. The third-order valence-corrected chi connectivity index (χ3v) is 5.37. The normalized spacial score (nSPS) is 15.2. The lowest BCUT2D eigenvalue weighted by atomic mass is 10.1. The second-order valence-electron chi connectivity index (χ2n) is 5.98. The van der Waals surface area contributed by atoms with E-state index in [2.05, 4.69) is 15.9 Å². The summed E-state index contributed by atoms with van der Waals surface area (Å²) >= 11 is 14.9. The highest BCUT2D eigenvalue weighted by molar-refractivity contribution is 9.10. The molecule has 0 unspecified atom stereocenters. The van der Waals surface area contributed by atoms with Crippen LogP contribution in [0.5, 0.6) is 5.75 Å². The lowest BCUT2D eigenvalue weighted by Crippen LogP contribution is -2.35. The van der Waals surface area contributed by atoms with Crippen LogP contribution in [0, 0.1) is 0 Å². The van der Waals surface area contributed by atoms with Crippen molar-refractivity contribution < 1.29 is 19.1 Å². The first-order valence-corrected chi connectivity index (χ1v) is 9.97. The molecule has 3 rings (SSSR count). The highest BCUT2D eigenvalue weighted by Gasteiger charge is 2.40.